The molecule has 0 saturated heterocycles. The van der Waals surface area contributed by atoms with E-state index in [0.29, 0.717) is 11.7 Å². The van der Waals surface area contributed by atoms with Crippen molar-refractivity contribution in [2.45, 2.75) is 12.8 Å². The van der Waals surface area contributed by atoms with Gasteiger partial charge in [-0.25, -0.2) is 0 Å². The van der Waals surface area contributed by atoms with Gasteiger partial charge in [0.15, 0.2) is 6.61 Å². The molecule has 0 radical (unpaired) electrons. The lowest BCUT2D eigenvalue weighted by atomic mass is 10.3. The standard InChI is InChI=1S/C17H12Cl3N3O4S/c18-9-6-11(20)12(7-10(9)19)21-14(24)8-26-16(25)4-3-15-22-17(23-27-15)13-2-1-5-28-13/h1-2,5-7H,3-4,8H2,(H,21,24). The van der Waals surface area contributed by atoms with E-state index in [9.17, 15) is 9.59 Å². The molecule has 0 aliphatic heterocycles. The van der Waals surface area contributed by atoms with Gasteiger partial charge in [-0.15, -0.1) is 11.3 Å². The molecule has 1 N–H and O–H groups in total. The summed E-state index contributed by atoms with van der Waals surface area (Å²) in [6, 6.07) is 6.56. The summed E-state index contributed by atoms with van der Waals surface area (Å²) in [7, 11) is 0. The molecule has 3 aromatic rings. The van der Waals surface area contributed by atoms with Crippen LogP contribution in [-0.2, 0) is 20.7 Å². The maximum atomic E-state index is 11.9. The Morgan fingerprint density at radius 1 is 1.18 bits per heavy atom. The van der Waals surface area contributed by atoms with Gasteiger partial charge in [0.2, 0.25) is 11.7 Å². The van der Waals surface area contributed by atoms with Gasteiger partial charge in [-0.2, -0.15) is 4.98 Å². The number of aryl methyl sites for hydroxylation is 1. The topological polar surface area (TPSA) is 94.3 Å². The zero-order chi connectivity index (χ0) is 20.1. The average molecular weight is 461 g/mol. The maximum absolute atomic E-state index is 11.9. The molecule has 11 heteroatoms. The summed E-state index contributed by atoms with van der Waals surface area (Å²) in [6.07, 6.45) is 0.199. The predicted octanol–water partition coefficient (Wildman–Crippen LogP) is 4.87. The first kappa shape index (κ1) is 20.6. The monoisotopic (exact) mass is 459 g/mol. The molecule has 146 valence electrons. The highest BCUT2D eigenvalue weighted by Crippen LogP contribution is 2.32. The number of nitrogens with zero attached hydrogens (tertiary/aromatic N) is 2. The van der Waals surface area contributed by atoms with E-state index < -0.39 is 18.5 Å². The fourth-order valence-electron chi connectivity index (χ4n) is 2.09. The quantitative estimate of drug-likeness (QED) is 0.399. The molecular formula is C17H12Cl3N3O4S. The smallest absolute Gasteiger partial charge is 0.306 e. The Kier molecular flexibility index (Phi) is 6.90. The SMILES string of the molecule is O=C(COC(=O)CCc1nc(-c2cccs2)no1)Nc1cc(Cl)c(Cl)cc1Cl. The molecule has 2 aromatic heterocycles. The number of rotatable bonds is 7. The first-order valence-corrected chi connectivity index (χ1v) is 9.90. The summed E-state index contributed by atoms with van der Waals surface area (Å²) in [6.45, 7) is -0.473. The van der Waals surface area contributed by atoms with Crippen LogP contribution in [0, 0.1) is 0 Å². The molecule has 0 atom stereocenters. The van der Waals surface area contributed by atoms with E-state index in [4.69, 9.17) is 44.1 Å². The second-order valence-electron chi connectivity index (χ2n) is 5.44. The Hall–Kier alpha value is -2.13. The highest BCUT2D eigenvalue weighted by molar-refractivity contribution is 7.13. The lowest BCUT2D eigenvalue weighted by Crippen LogP contribution is -2.21. The number of ether oxygens (including phenoxy) is 1. The van der Waals surface area contributed by atoms with Crippen molar-refractivity contribution in [3.05, 3.63) is 50.6 Å². The molecule has 0 spiro atoms. The summed E-state index contributed by atoms with van der Waals surface area (Å²) in [4.78, 5) is 28.8. The number of carbonyl (C=O) groups is 2. The van der Waals surface area contributed by atoms with E-state index in [1.54, 1.807) is 0 Å². The number of hydrogen-bond acceptors (Lipinski definition) is 7. The Morgan fingerprint density at radius 3 is 2.71 bits per heavy atom. The predicted molar refractivity (Wildman–Crippen MR) is 107 cm³/mol. The van der Waals surface area contributed by atoms with Crippen molar-refractivity contribution in [1.82, 2.24) is 10.1 Å². The Balaban J connectivity index is 1.44. The summed E-state index contributed by atoms with van der Waals surface area (Å²) in [5, 5.41) is 8.97. The van der Waals surface area contributed by atoms with E-state index in [0.717, 1.165) is 4.88 Å². The number of nitrogens with one attached hydrogen (secondary N) is 1. The van der Waals surface area contributed by atoms with Crippen LogP contribution in [0.25, 0.3) is 10.7 Å². The van der Waals surface area contributed by atoms with Gasteiger partial charge >= 0.3 is 5.97 Å². The number of benzene rings is 1. The van der Waals surface area contributed by atoms with Crippen LogP contribution in [0.4, 0.5) is 5.69 Å². The first-order valence-electron chi connectivity index (χ1n) is 7.89. The summed E-state index contributed by atoms with van der Waals surface area (Å²) >= 11 is 19.2. The molecule has 0 fully saturated rings. The second kappa shape index (κ2) is 9.38. The highest BCUT2D eigenvalue weighted by atomic mass is 35.5. The van der Waals surface area contributed by atoms with Crippen LogP contribution in [-0.4, -0.2) is 28.6 Å². The van der Waals surface area contributed by atoms with E-state index in [-0.39, 0.29) is 33.6 Å². The molecule has 0 unspecified atom stereocenters. The van der Waals surface area contributed by atoms with Crippen molar-refractivity contribution in [2.75, 3.05) is 11.9 Å². The molecule has 0 aliphatic rings. The van der Waals surface area contributed by atoms with Crippen molar-refractivity contribution in [3.8, 4) is 10.7 Å². The molecule has 2 heterocycles. The van der Waals surface area contributed by atoms with Crippen molar-refractivity contribution in [2.24, 2.45) is 0 Å². The molecule has 0 bridgehead atoms. The van der Waals surface area contributed by atoms with Crippen LogP contribution in [0.2, 0.25) is 15.1 Å². The second-order valence-corrected chi connectivity index (χ2v) is 7.61. The van der Waals surface area contributed by atoms with Crippen LogP contribution in [0.3, 0.4) is 0 Å². The van der Waals surface area contributed by atoms with E-state index in [1.165, 1.54) is 23.5 Å². The van der Waals surface area contributed by atoms with Gasteiger partial charge in [-0.3, -0.25) is 9.59 Å². The molecule has 28 heavy (non-hydrogen) atoms. The van der Waals surface area contributed by atoms with E-state index >= 15 is 0 Å². The molecule has 3 rings (SSSR count). The van der Waals surface area contributed by atoms with Crippen LogP contribution in [0.15, 0.2) is 34.2 Å². The molecule has 1 aromatic carbocycles. The number of anilines is 1. The molecular weight excluding hydrogens is 449 g/mol. The van der Waals surface area contributed by atoms with Gasteiger partial charge in [0.25, 0.3) is 5.91 Å². The van der Waals surface area contributed by atoms with Crippen LogP contribution in [0.5, 0.6) is 0 Å². The van der Waals surface area contributed by atoms with E-state index in [1.807, 2.05) is 17.5 Å². The van der Waals surface area contributed by atoms with Gasteiger partial charge in [0, 0.05) is 6.42 Å². The summed E-state index contributed by atoms with van der Waals surface area (Å²) in [5.74, 6) is -0.360. The number of hydrogen-bond donors (Lipinski definition) is 1. The average Bonchev–Trinajstić information content (AvgIpc) is 3.34. The van der Waals surface area contributed by atoms with Gasteiger partial charge < -0.3 is 14.6 Å². The third kappa shape index (κ3) is 5.45. The van der Waals surface area contributed by atoms with Gasteiger partial charge in [0.05, 0.1) is 32.1 Å². The number of carbonyl (C=O) groups excluding carboxylic acids is 2. The third-order valence-electron chi connectivity index (χ3n) is 3.40. The third-order valence-corrected chi connectivity index (χ3v) is 5.30. The van der Waals surface area contributed by atoms with Crippen LogP contribution >= 0.6 is 46.1 Å². The normalized spacial score (nSPS) is 10.7. The van der Waals surface area contributed by atoms with E-state index in [2.05, 4.69) is 15.5 Å². The highest BCUT2D eigenvalue weighted by Gasteiger charge is 2.14. The van der Waals surface area contributed by atoms with Crippen molar-refractivity contribution in [3.63, 3.8) is 0 Å². The molecule has 0 saturated carbocycles. The van der Waals surface area contributed by atoms with Crippen molar-refractivity contribution in [1.29, 1.82) is 0 Å². The zero-order valence-electron chi connectivity index (χ0n) is 14.1. The number of thiophene rings is 1. The number of amides is 1. The fourth-order valence-corrected chi connectivity index (χ4v) is 3.34. The molecule has 1 amide bonds. The number of esters is 1. The Labute approximate surface area is 178 Å². The number of halogens is 3. The lowest BCUT2D eigenvalue weighted by Gasteiger charge is -2.09. The maximum Gasteiger partial charge on any atom is 0.306 e. The summed E-state index contributed by atoms with van der Waals surface area (Å²) in [5.41, 5.74) is 0.268. The van der Waals surface area contributed by atoms with Crippen molar-refractivity contribution < 1.29 is 18.8 Å². The van der Waals surface area contributed by atoms with Gasteiger partial charge in [-0.1, -0.05) is 46.0 Å². The fraction of sp³-hybridized carbons (Fsp3) is 0.176. The largest absolute Gasteiger partial charge is 0.456 e. The minimum Gasteiger partial charge on any atom is -0.456 e. The molecule has 7 nitrogen and oxygen atoms in total. The lowest BCUT2D eigenvalue weighted by molar-refractivity contribution is -0.147. The summed E-state index contributed by atoms with van der Waals surface area (Å²) < 4.78 is 10.0. The van der Waals surface area contributed by atoms with Gasteiger partial charge in [0.1, 0.15) is 0 Å². The van der Waals surface area contributed by atoms with Gasteiger partial charge in [-0.05, 0) is 23.6 Å². The minimum absolute atomic E-state index is 0.00706. The first-order chi connectivity index (χ1) is 13.4. The minimum atomic E-state index is -0.578. The Bertz CT molecular complexity index is 992. The number of aromatic nitrogens is 2. The van der Waals surface area contributed by atoms with Crippen LogP contribution < -0.4 is 5.32 Å². The zero-order valence-corrected chi connectivity index (χ0v) is 17.2. The Morgan fingerprint density at radius 2 is 1.96 bits per heavy atom. The molecule has 0 aliphatic carbocycles. The van der Waals surface area contributed by atoms with Crippen LogP contribution in [0.1, 0.15) is 12.3 Å². The van der Waals surface area contributed by atoms with Crippen molar-refractivity contribution >= 4 is 63.7 Å².